The lowest BCUT2D eigenvalue weighted by atomic mass is 10.2. The van der Waals surface area contributed by atoms with Crippen LogP contribution < -0.4 is 5.32 Å². The second-order valence-electron chi connectivity index (χ2n) is 4.06. The highest BCUT2D eigenvalue weighted by Crippen LogP contribution is 2.22. The van der Waals surface area contributed by atoms with E-state index in [0.717, 1.165) is 12.0 Å². The van der Waals surface area contributed by atoms with Gasteiger partial charge in [0.25, 0.3) is 11.6 Å². The Balaban J connectivity index is 1.97. The summed E-state index contributed by atoms with van der Waals surface area (Å²) in [5.41, 5.74) is 1.26. The number of nitro benzene ring substituents is 1. The zero-order valence-corrected chi connectivity index (χ0v) is 11.9. The largest absolute Gasteiger partial charge is 0.352 e. The minimum absolute atomic E-state index is 0.0761. The highest BCUT2D eigenvalue weighted by molar-refractivity contribution is 7.07. The second kappa shape index (κ2) is 6.49. The lowest BCUT2D eigenvalue weighted by Crippen LogP contribution is -2.25. The van der Waals surface area contributed by atoms with Gasteiger partial charge in [-0.1, -0.05) is 11.6 Å². The molecule has 0 aliphatic heterocycles. The van der Waals surface area contributed by atoms with Gasteiger partial charge < -0.3 is 5.32 Å². The number of nitro groups is 1. The summed E-state index contributed by atoms with van der Waals surface area (Å²) in [6.07, 6.45) is 0.736. The summed E-state index contributed by atoms with van der Waals surface area (Å²) in [6.45, 7) is 0.489. The van der Waals surface area contributed by atoms with Crippen LogP contribution in [-0.2, 0) is 6.42 Å². The van der Waals surface area contributed by atoms with Crippen molar-refractivity contribution in [3.05, 3.63) is 61.3 Å². The average Bonchev–Trinajstić information content (AvgIpc) is 2.91. The number of nitrogens with one attached hydrogen (secondary N) is 1. The molecule has 0 unspecified atom stereocenters. The van der Waals surface area contributed by atoms with Gasteiger partial charge in [0.15, 0.2) is 0 Å². The van der Waals surface area contributed by atoms with Gasteiger partial charge in [-0.2, -0.15) is 11.3 Å². The van der Waals surface area contributed by atoms with E-state index in [9.17, 15) is 14.9 Å². The Morgan fingerprint density at radius 2 is 2.20 bits per heavy atom. The fraction of sp³-hybridized carbons (Fsp3) is 0.154. The molecule has 0 saturated heterocycles. The lowest BCUT2D eigenvalue weighted by molar-refractivity contribution is -0.384. The summed E-state index contributed by atoms with van der Waals surface area (Å²) in [7, 11) is 0. The van der Waals surface area contributed by atoms with Crippen molar-refractivity contribution >= 4 is 34.5 Å². The van der Waals surface area contributed by atoms with E-state index in [2.05, 4.69) is 5.32 Å². The molecule has 0 saturated carbocycles. The van der Waals surface area contributed by atoms with Gasteiger partial charge in [-0.15, -0.1) is 0 Å². The highest BCUT2D eigenvalue weighted by Gasteiger charge is 2.14. The van der Waals surface area contributed by atoms with Gasteiger partial charge in [-0.3, -0.25) is 14.9 Å². The standard InChI is InChI=1S/C13H11ClN2O3S/c14-12-7-10(16(18)19)1-2-11(12)13(17)15-5-3-9-4-6-20-8-9/h1-2,4,6-8H,3,5H2,(H,15,17). The number of amides is 1. The normalized spacial score (nSPS) is 10.2. The molecular weight excluding hydrogens is 300 g/mol. The molecule has 5 nitrogen and oxygen atoms in total. The quantitative estimate of drug-likeness (QED) is 0.680. The molecule has 20 heavy (non-hydrogen) atoms. The number of benzene rings is 1. The summed E-state index contributed by atoms with van der Waals surface area (Å²) in [5.74, 6) is -0.333. The van der Waals surface area contributed by atoms with Crippen LogP contribution in [0, 0.1) is 10.1 Å². The second-order valence-corrected chi connectivity index (χ2v) is 5.25. The van der Waals surface area contributed by atoms with Crippen molar-refractivity contribution in [2.75, 3.05) is 6.54 Å². The monoisotopic (exact) mass is 310 g/mol. The maximum atomic E-state index is 11.9. The van der Waals surface area contributed by atoms with Crippen LogP contribution in [0.25, 0.3) is 0 Å². The molecule has 1 amide bonds. The molecule has 1 N–H and O–H groups in total. The lowest BCUT2D eigenvalue weighted by Gasteiger charge is -2.06. The topological polar surface area (TPSA) is 72.2 Å². The van der Waals surface area contributed by atoms with Gasteiger partial charge in [0.05, 0.1) is 15.5 Å². The zero-order chi connectivity index (χ0) is 14.5. The van der Waals surface area contributed by atoms with E-state index in [-0.39, 0.29) is 22.2 Å². The Hall–Kier alpha value is -1.92. The van der Waals surface area contributed by atoms with E-state index in [1.807, 2.05) is 16.8 Å². The van der Waals surface area contributed by atoms with Crippen molar-refractivity contribution in [3.63, 3.8) is 0 Å². The van der Waals surface area contributed by atoms with E-state index < -0.39 is 4.92 Å². The van der Waals surface area contributed by atoms with Crippen LogP contribution in [0.2, 0.25) is 5.02 Å². The minimum atomic E-state index is -0.551. The Kier molecular flexibility index (Phi) is 4.70. The van der Waals surface area contributed by atoms with Gasteiger partial charge in [-0.05, 0) is 34.9 Å². The Bertz CT molecular complexity index is 629. The zero-order valence-electron chi connectivity index (χ0n) is 10.3. The van der Waals surface area contributed by atoms with Gasteiger partial charge >= 0.3 is 0 Å². The van der Waals surface area contributed by atoms with Crippen molar-refractivity contribution in [2.24, 2.45) is 0 Å². The molecule has 7 heteroatoms. The number of non-ortho nitro benzene ring substituents is 1. The third kappa shape index (κ3) is 3.55. The van der Waals surface area contributed by atoms with Gasteiger partial charge in [-0.25, -0.2) is 0 Å². The van der Waals surface area contributed by atoms with Crippen LogP contribution in [-0.4, -0.2) is 17.4 Å². The molecule has 1 heterocycles. The summed E-state index contributed by atoms with van der Waals surface area (Å²) >= 11 is 7.49. The Morgan fingerprint density at radius 1 is 1.40 bits per heavy atom. The first-order valence-electron chi connectivity index (χ1n) is 5.81. The van der Waals surface area contributed by atoms with Crippen LogP contribution in [0.5, 0.6) is 0 Å². The molecule has 0 radical (unpaired) electrons. The van der Waals surface area contributed by atoms with Gasteiger partial charge in [0.2, 0.25) is 0 Å². The van der Waals surface area contributed by atoms with Crippen molar-refractivity contribution in [1.29, 1.82) is 0 Å². The molecule has 2 rings (SSSR count). The third-order valence-electron chi connectivity index (χ3n) is 2.69. The van der Waals surface area contributed by atoms with E-state index in [0.29, 0.717) is 6.54 Å². The maximum absolute atomic E-state index is 11.9. The first-order valence-corrected chi connectivity index (χ1v) is 7.13. The number of carbonyl (C=O) groups excluding carboxylic acids is 1. The summed E-state index contributed by atoms with van der Waals surface area (Å²) < 4.78 is 0. The number of rotatable bonds is 5. The first-order chi connectivity index (χ1) is 9.58. The predicted octanol–water partition coefficient (Wildman–Crippen LogP) is 3.28. The molecular formula is C13H11ClN2O3S. The molecule has 1 aromatic carbocycles. The SMILES string of the molecule is O=C(NCCc1ccsc1)c1ccc([N+](=O)[O-])cc1Cl. The van der Waals surface area contributed by atoms with Gasteiger partial charge in [0, 0.05) is 18.7 Å². The predicted molar refractivity (Wildman–Crippen MR) is 78.5 cm³/mol. The van der Waals surface area contributed by atoms with Crippen LogP contribution in [0.15, 0.2) is 35.0 Å². The van der Waals surface area contributed by atoms with E-state index >= 15 is 0 Å². The number of hydrogen-bond donors (Lipinski definition) is 1. The highest BCUT2D eigenvalue weighted by atomic mass is 35.5. The number of thiophene rings is 1. The number of carbonyl (C=O) groups is 1. The van der Waals surface area contributed by atoms with E-state index in [1.165, 1.54) is 18.2 Å². The molecule has 0 atom stereocenters. The smallest absolute Gasteiger partial charge is 0.270 e. The van der Waals surface area contributed by atoms with Crippen LogP contribution in [0.1, 0.15) is 15.9 Å². The molecule has 0 aliphatic rings. The fourth-order valence-corrected chi connectivity index (χ4v) is 2.62. The van der Waals surface area contributed by atoms with Gasteiger partial charge in [0.1, 0.15) is 0 Å². The maximum Gasteiger partial charge on any atom is 0.270 e. The number of halogens is 1. The third-order valence-corrected chi connectivity index (χ3v) is 3.73. The first kappa shape index (κ1) is 14.5. The molecule has 0 aliphatic carbocycles. The number of hydrogen-bond acceptors (Lipinski definition) is 4. The van der Waals surface area contributed by atoms with Crippen molar-refractivity contribution in [1.82, 2.24) is 5.32 Å². The van der Waals surface area contributed by atoms with Crippen LogP contribution in [0.4, 0.5) is 5.69 Å². The summed E-state index contributed by atoms with van der Waals surface area (Å²) in [4.78, 5) is 21.9. The minimum Gasteiger partial charge on any atom is -0.352 e. The Morgan fingerprint density at radius 3 is 2.80 bits per heavy atom. The average molecular weight is 311 g/mol. The molecule has 0 bridgehead atoms. The van der Waals surface area contributed by atoms with E-state index in [1.54, 1.807) is 11.3 Å². The summed E-state index contributed by atoms with van der Waals surface area (Å²) in [6, 6.07) is 5.80. The van der Waals surface area contributed by atoms with Crippen molar-refractivity contribution in [2.45, 2.75) is 6.42 Å². The summed E-state index contributed by atoms with van der Waals surface area (Å²) in [5, 5.41) is 17.4. The van der Waals surface area contributed by atoms with Crippen molar-refractivity contribution in [3.8, 4) is 0 Å². The molecule has 2 aromatic rings. The number of nitrogens with zero attached hydrogens (tertiary/aromatic N) is 1. The van der Waals surface area contributed by atoms with Crippen LogP contribution >= 0.6 is 22.9 Å². The molecule has 1 aromatic heterocycles. The molecule has 104 valence electrons. The van der Waals surface area contributed by atoms with Crippen molar-refractivity contribution < 1.29 is 9.72 Å². The Labute approximate surface area is 124 Å². The molecule has 0 spiro atoms. The molecule has 0 fully saturated rings. The fourth-order valence-electron chi connectivity index (χ4n) is 1.65. The van der Waals surface area contributed by atoms with Crippen LogP contribution in [0.3, 0.4) is 0 Å². The van der Waals surface area contributed by atoms with E-state index in [4.69, 9.17) is 11.6 Å².